The topological polar surface area (TPSA) is 47.6 Å². The first-order chi connectivity index (χ1) is 12.1. The van der Waals surface area contributed by atoms with Crippen molar-refractivity contribution < 1.29 is 18.5 Å². The highest BCUT2D eigenvalue weighted by Gasteiger charge is 2.51. The van der Waals surface area contributed by atoms with Crippen LogP contribution in [0.5, 0.6) is 0 Å². The zero-order chi connectivity index (χ0) is 19.1. The molecule has 1 saturated heterocycles. The Morgan fingerprint density at radius 1 is 1.00 bits per heavy atom. The average molecular weight is 355 g/mol. The van der Waals surface area contributed by atoms with Crippen LogP contribution in [0.4, 0.5) is 10.1 Å². The van der Waals surface area contributed by atoms with Crippen molar-refractivity contribution in [1.82, 2.24) is 0 Å². The predicted molar refractivity (Wildman–Crippen MR) is 101 cm³/mol. The summed E-state index contributed by atoms with van der Waals surface area (Å²) in [7, 11) is -0.530. The molecule has 0 radical (unpaired) electrons. The standard InChI is InChI=1S/C20H23BFNO3/c1-13-6-7-14(21-25-19(2,3)20(4,5)26-21)12-17(13)18(24)23-16-10-8-15(22)9-11-16/h6-12H,1-5H3,(H,23,24). The second-order valence-electron chi connectivity index (χ2n) is 7.62. The third kappa shape index (κ3) is 3.52. The normalized spacial score (nSPS) is 18.0. The number of hydrogen-bond donors (Lipinski definition) is 1. The quantitative estimate of drug-likeness (QED) is 0.855. The molecule has 0 bridgehead atoms. The fraction of sp³-hybridized carbons (Fsp3) is 0.350. The SMILES string of the molecule is Cc1ccc(B2OC(C)(C)C(C)(C)O2)cc1C(=O)Nc1ccc(F)cc1. The summed E-state index contributed by atoms with van der Waals surface area (Å²) in [6.07, 6.45) is 0. The van der Waals surface area contributed by atoms with E-state index in [2.05, 4.69) is 5.32 Å². The molecule has 3 rings (SSSR count). The highest BCUT2D eigenvalue weighted by Crippen LogP contribution is 2.36. The van der Waals surface area contributed by atoms with Gasteiger partial charge in [0.25, 0.3) is 5.91 Å². The van der Waals surface area contributed by atoms with Crippen LogP contribution in [0.1, 0.15) is 43.6 Å². The van der Waals surface area contributed by atoms with Crippen LogP contribution in [0.2, 0.25) is 0 Å². The minimum absolute atomic E-state index is 0.257. The first-order valence-corrected chi connectivity index (χ1v) is 8.62. The van der Waals surface area contributed by atoms with Gasteiger partial charge in [-0.25, -0.2) is 4.39 Å². The smallest absolute Gasteiger partial charge is 0.399 e. The van der Waals surface area contributed by atoms with Crippen molar-refractivity contribution in [3.8, 4) is 0 Å². The predicted octanol–water partition coefficient (Wildman–Crippen LogP) is 3.69. The fourth-order valence-corrected chi connectivity index (χ4v) is 2.74. The van der Waals surface area contributed by atoms with Crippen molar-refractivity contribution in [3.05, 3.63) is 59.4 Å². The number of benzene rings is 2. The third-order valence-electron chi connectivity index (χ3n) is 5.13. The van der Waals surface area contributed by atoms with E-state index in [4.69, 9.17) is 9.31 Å². The van der Waals surface area contributed by atoms with E-state index in [1.165, 1.54) is 24.3 Å². The van der Waals surface area contributed by atoms with Gasteiger partial charge in [0.1, 0.15) is 5.82 Å². The molecule has 1 aliphatic rings. The van der Waals surface area contributed by atoms with Gasteiger partial charge in [0.2, 0.25) is 0 Å². The molecule has 136 valence electrons. The van der Waals surface area contributed by atoms with Crippen molar-refractivity contribution in [2.24, 2.45) is 0 Å². The molecule has 1 N–H and O–H groups in total. The Labute approximate surface area is 153 Å². The first-order valence-electron chi connectivity index (χ1n) is 8.62. The van der Waals surface area contributed by atoms with E-state index >= 15 is 0 Å². The summed E-state index contributed by atoms with van der Waals surface area (Å²) in [5.74, 6) is -0.602. The third-order valence-corrected chi connectivity index (χ3v) is 5.13. The van der Waals surface area contributed by atoms with Crippen LogP contribution in [0.25, 0.3) is 0 Å². The molecular weight excluding hydrogens is 332 g/mol. The van der Waals surface area contributed by atoms with Crippen molar-refractivity contribution >= 4 is 24.2 Å². The number of amides is 1. The summed E-state index contributed by atoms with van der Waals surface area (Å²) >= 11 is 0. The summed E-state index contributed by atoms with van der Waals surface area (Å²) in [4.78, 5) is 12.7. The molecule has 2 aromatic carbocycles. The Kier molecular flexibility index (Phi) is 4.67. The second kappa shape index (κ2) is 6.52. The molecule has 2 aromatic rings. The first kappa shape index (κ1) is 18.6. The molecule has 4 nitrogen and oxygen atoms in total. The number of nitrogens with one attached hydrogen (secondary N) is 1. The summed E-state index contributed by atoms with van der Waals surface area (Å²) in [5.41, 5.74) is 1.81. The second-order valence-corrected chi connectivity index (χ2v) is 7.62. The van der Waals surface area contributed by atoms with Gasteiger partial charge in [0.05, 0.1) is 11.2 Å². The van der Waals surface area contributed by atoms with Gasteiger partial charge in [-0.05, 0) is 76.0 Å². The highest BCUT2D eigenvalue weighted by molar-refractivity contribution is 6.62. The minimum Gasteiger partial charge on any atom is -0.399 e. The molecular formula is C20H23BFNO3. The molecule has 1 aliphatic heterocycles. The molecule has 0 aromatic heterocycles. The van der Waals surface area contributed by atoms with E-state index in [0.29, 0.717) is 11.3 Å². The monoisotopic (exact) mass is 355 g/mol. The maximum absolute atomic E-state index is 13.0. The van der Waals surface area contributed by atoms with Gasteiger partial charge >= 0.3 is 7.12 Å². The molecule has 0 spiro atoms. The average Bonchev–Trinajstić information content (AvgIpc) is 2.78. The van der Waals surface area contributed by atoms with Gasteiger partial charge < -0.3 is 14.6 Å². The van der Waals surface area contributed by atoms with Gasteiger partial charge in [-0.1, -0.05) is 12.1 Å². The van der Waals surface area contributed by atoms with Crippen LogP contribution >= 0.6 is 0 Å². The summed E-state index contributed by atoms with van der Waals surface area (Å²) < 4.78 is 25.1. The largest absolute Gasteiger partial charge is 0.494 e. The zero-order valence-electron chi connectivity index (χ0n) is 15.7. The maximum atomic E-state index is 13.0. The van der Waals surface area contributed by atoms with Crippen LogP contribution in [0, 0.1) is 12.7 Å². The van der Waals surface area contributed by atoms with Crippen LogP contribution < -0.4 is 10.8 Å². The lowest BCUT2D eigenvalue weighted by Gasteiger charge is -2.32. The van der Waals surface area contributed by atoms with Crippen molar-refractivity contribution in [1.29, 1.82) is 0 Å². The lowest BCUT2D eigenvalue weighted by molar-refractivity contribution is 0.00578. The number of rotatable bonds is 3. The zero-order valence-corrected chi connectivity index (χ0v) is 15.7. The number of carbonyl (C=O) groups excluding carboxylic acids is 1. The lowest BCUT2D eigenvalue weighted by Crippen LogP contribution is -2.41. The van der Waals surface area contributed by atoms with Gasteiger partial charge in [-0.3, -0.25) is 4.79 Å². The van der Waals surface area contributed by atoms with E-state index in [0.717, 1.165) is 11.0 Å². The van der Waals surface area contributed by atoms with Crippen LogP contribution in [-0.4, -0.2) is 24.2 Å². The van der Waals surface area contributed by atoms with Crippen LogP contribution in [-0.2, 0) is 9.31 Å². The van der Waals surface area contributed by atoms with E-state index in [9.17, 15) is 9.18 Å². The number of hydrogen-bond acceptors (Lipinski definition) is 3. The highest BCUT2D eigenvalue weighted by atomic mass is 19.1. The Balaban J connectivity index is 1.84. The van der Waals surface area contributed by atoms with Crippen LogP contribution in [0.3, 0.4) is 0 Å². The Morgan fingerprint density at radius 3 is 2.15 bits per heavy atom. The van der Waals surface area contributed by atoms with Crippen molar-refractivity contribution in [3.63, 3.8) is 0 Å². The molecule has 0 aliphatic carbocycles. The van der Waals surface area contributed by atoms with Gasteiger partial charge in [-0.15, -0.1) is 0 Å². The van der Waals surface area contributed by atoms with E-state index in [1.54, 1.807) is 6.07 Å². The fourth-order valence-electron chi connectivity index (χ4n) is 2.74. The van der Waals surface area contributed by atoms with E-state index in [1.807, 2.05) is 46.8 Å². The Bertz CT molecular complexity index is 817. The molecule has 0 saturated carbocycles. The molecule has 0 unspecified atom stereocenters. The Hall–Kier alpha value is -2.18. The Morgan fingerprint density at radius 2 is 1.58 bits per heavy atom. The number of halogens is 1. The minimum atomic E-state index is -0.530. The van der Waals surface area contributed by atoms with Gasteiger partial charge in [0, 0.05) is 11.3 Å². The molecule has 26 heavy (non-hydrogen) atoms. The van der Waals surface area contributed by atoms with E-state index in [-0.39, 0.29) is 11.7 Å². The van der Waals surface area contributed by atoms with Crippen molar-refractivity contribution in [2.45, 2.75) is 45.8 Å². The molecule has 1 heterocycles. The number of aryl methyl sites for hydroxylation is 1. The maximum Gasteiger partial charge on any atom is 0.494 e. The van der Waals surface area contributed by atoms with E-state index < -0.39 is 18.3 Å². The van der Waals surface area contributed by atoms with Crippen molar-refractivity contribution in [2.75, 3.05) is 5.32 Å². The summed E-state index contributed by atoms with van der Waals surface area (Å²) in [6.45, 7) is 9.83. The molecule has 6 heteroatoms. The van der Waals surface area contributed by atoms with Gasteiger partial charge in [0.15, 0.2) is 0 Å². The summed E-state index contributed by atoms with van der Waals surface area (Å²) in [6, 6.07) is 11.2. The molecule has 0 atom stereocenters. The lowest BCUT2D eigenvalue weighted by atomic mass is 9.77. The number of carbonyl (C=O) groups is 1. The number of anilines is 1. The van der Waals surface area contributed by atoms with Crippen LogP contribution in [0.15, 0.2) is 42.5 Å². The molecule has 1 fully saturated rings. The summed E-state index contributed by atoms with van der Waals surface area (Å²) in [5, 5.41) is 2.79. The van der Waals surface area contributed by atoms with Gasteiger partial charge in [-0.2, -0.15) is 0 Å². The molecule has 1 amide bonds.